The summed E-state index contributed by atoms with van der Waals surface area (Å²) in [6.07, 6.45) is 0.540. The number of hydrogen-bond acceptors (Lipinski definition) is 5. The summed E-state index contributed by atoms with van der Waals surface area (Å²) in [6.45, 7) is 5.81. The topological polar surface area (TPSA) is 81.4 Å². The van der Waals surface area contributed by atoms with E-state index in [1.165, 1.54) is 18.4 Å². The van der Waals surface area contributed by atoms with Gasteiger partial charge in [0.15, 0.2) is 0 Å². The first kappa shape index (κ1) is 15.5. The van der Waals surface area contributed by atoms with Gasteiger partial charge in [-0.15, -0.1) is 11.3 Å². The van der Waals surface area contributed by atoms with Crippen LogP contribution in [0.4, 0.5) is 5.69 Å². The number of aryl methyl sites for hydroxylation is 1. The Hall–Kier alpha value is -1.56. The van der Waals surface area contributed by atoms with Gasteiger partial charge in [-0.3, -0.25) is 4.79 Å². The number of esters is 1. The second-order valence-corrected chi connectivity index (χ2v) is 6.06. The van der Waals surface area contributed by atoms with Crippen molar-refractivity contribution in [3.05, 3.63) is 15.8 Å². The van der Waals surface area contributed by atoms with Crippen molar-refractivity contribution in [2.75, 3.05) is 12.8 Å². The Kier molecular flexibility index (Phi) is 5.35. The van der Waals surface area contributed by atoms with E-state index in [1.54, 1.807) is 6.07 Å². The molecule has 0 aliphatic carbocycles. The van der Waals surface area contributed by atoms with E-state index in [4.69, 9.17) is 10.5 Å². The maximum absolute atomic E-state index is 12.1. The number of hydrogen-bond donors (Lipinski definition) is 2. The van der Waals surface area contributed by atoms with E-state index in [1.807, 2.05) is 20.8 Å². The zero-order valence-corrected chi connectivity index (χ0v) is 12.5. The van der Waals surface area contributed by atoms with Gasteiger partial charge in [0.25, 0.3) is 5.91 Å². The first-order valence-electron chi connectivity index (χ1n) is 6.09. The first-order chi connectivity index (χ1) is 8.85. The summed E-state index contributed by atoms with van der Waals surface area (Å²) >= 11 is 1.31. The van der Waals surface area contributed by atoms with Crippen molar-refractivity contribution < 1.29 is 14.3 Å². The van der Waals surface area contributed by atoms with E-state index in [9.17, 15) is 9.59 Å². The number of methoxy groups -OCH3 is 1. The first-order valence-corrected chi connectivity index (χ1v) is 6.91. The third kappa shape index (κ3) is 4.24. The molecular formula is C13H20N2O3S. The molecule has 0 fully saturated rings. The molecule has 6 heteroatoms. The molecule has 19 heavy (non-hydrogen) atoms. The molecule has 1 heterocycles. The second kappa shape index (κ2) is 6.56. The molecule has 106 valence electrons. The third-order valence-corrected chi connectivity index (χ3v) is 3.74. The molecule has 1 rings (SSSR count). The van der Waals surface area contributed by atoms with Crippen molar-refractivity contribution >= 4 is 28.9 Å². The molecule has 0 saturated carbocycles. The monoisotopic (exact) mass is 284 g/mol. The summed E-state index contributed by atoms with van der Waals surface area (Å²) in [5, 5.41) is 2.70. The number of rotatable bonds is 5. The predicted octanol–water partition coefficient (Wildman–Crippen LogP) is 1.96. The highest BCUT2D eigenvalue weighted by Gasteiger charge is 2.24. The fraction of sp³-hybridized carbons (Fsp3) is 0.538. The van der Waals surface area contributed by atoms with Gasteiger partial charge in [0.2, 0.25) is 0 Å². The van der Waals surface area contributed by atoms with E-state index >= 15 is 0 Å². The summed E-state index contributed by atoms with van der Waals surface area (Å²) < 4.78 is 4.70. The van der Waals surface area contributed by atoms with Crippen molar-refractivity contribution in [1.29, 1.82) is 0 Å². The molecule has 0 aromatic carbocycles. The van der Waals surface area contributed by atoms with Gasteiger partial charge in [-0.05, 0) is 25.3 Å². The van der Waals surface area contributed by atoms with Crippen LogP contribution in [-0.4, -0.2) is 25.0 Å². The quantitative estimate of drug-likeness (QED) is 0.810. The van der Waals surface area contributed by atoms with E-state index in [0.717, 1.165) is 4.88 Å². The summed E-state index contributed by atoms with van der Waals surface area (Å²) in [6, 6.07) is 1.00. The Balaban J connectivity index is 2.78. The molecule has 0 radical (unpaired) electrons. The number of nitrogens with one attached hydrogen (secondary N) is 1. The number of amides is 1. The highest BCUT2D eigenvalue weighted by molar-refractivity contribution is 7.14. The van der Waals surface area contributed by atoms with Crippen LogP contribution in [-0.2, 0) is 9.53 Å². The minimum atomic E-state index is -0.624. The van der Waals surface area contributed by atoms with Crippen molar-refractivity contribution in [2.45, 2.75) is 33.2 Å². The SMILES string of the molecule is COC(=O)C(CC(C)C)NC(=O)c1cc(N)c(C)s1. The van der Waals surface area contributed by atoms with E-state index < -0.39 is 12.0 Å². The van der Waals surface area contributed by atoms with Gasteiger partial charge in [-0.2, -0.15) is 0 Å². The molecule has 0 saturated heterocycles. The largest absolute Gasteiger partial charge is 0.467 e. The van der Waals surface area contributed by atoms with Gasteiger partial charge in [0.1, 0.15) is 6.04 Å². The van der Waals surface area contributed by atoms with E-state index in [2.05, 4.69) is 5.32 Å². The van der Waals surface area contributed by atoms with Crippen LogP contribution in [0.5, 0.6) is 0 Å². The maximum atomic E-state index is 12.1. The molecule has 0 aliphatic rings. The standard InChI is InChI=1S/C13H20N2O3S/c1-7(2)5-10(13(17)18-4)15-12(16)11-6-9(14)8(3)19-11/h6-7,10H,5,14H2,1-4H3,(H,15,16). The summed E-state index contributed by atoms with van der Waals surface area (Å²) in [5.41, 5.74) is 6.31. The molecule has 1 atom stereocenters. The lowest BCUT2D eigenvalue weighted by Gasteiger charge is -2.17. The van der Waals surface area contributed by atoms with Gasteiger partial charge >= 0.3 is 5.97 Å². The Morgan fingerprint density at radius 2 is 2.11 bits per heavy atom. The minimum absolute atomic E-state index is 0.277. The van der Waals surface area contributed by atoms with Gasteiger partial charge in [0, 0.05) is 10.6 Å². The summed E-state index contributed by atoms with van der Waals surface area (Å²) in [7, 11) is 1.31. The van der Waals surface area contributed by atoms with Crippen LogP contribution in [0.15, 0.2) is 6.07 Å². The Labute approximate surface area is 117 Å². The van der Waals surface area contributed by atoms with Crippen LogP contribution in [0.25, 0.3) is 0 Å². The van der Waals surface area contributed by atoms with Gasteiger partial charge < -0.3 is 15.8 Å². The Bertz CT molecular complexity index is 449. The van der Waals surface area contributed by atoms with Crippen molar-refractivity contribution in [1.82, 2.24) is 5.32 Å². The number of carbonyl (C=O) groups excluding carboxylic acids is 2. The zero-order valence-electron chi connectivity index (χ0n) is 11.6. The van der Waals surface area contributed by atoms with Crippen molar-refractivity contribution in [3.8, 4) is 0 Å². The molecule has 0 aliphatic heterocycles. The maximum Gasteiger partial charge on any atom is 0.328 e. The van der Waals surface area contributed by atoms with Crippen LogP contribution in [0, 0.1) is 12.8 Å². The lowest BCUT2D eigenvalue weighted by atomic mass is 10.0. The molecule has 0 bridgehead atoms. The Morgan fingerprint density at radius 3 is 2.53 bits per heavy atom. The average Bonchev–Trinajstić information content (AvgIpc) is 2.67. The van der Waals surface area contributed by atoms with Crippen LogP contribution in [0.2, 0.25) is 0 Å². The smallest absolute Gasteiger partial charge is 0.328 e. The number of carbonyl (C=O) groups is 2. The van der Waals surface area contributed by atoms with Crippen LogP contribution in [0.3, 0.4) is 0 Å². The van der Waals surface area contributed by atoms with Gasteiger partial charge in [0.05, 0.1) is 12.0 Å². The van der Waals surface area contributed by atoms with Crippen LogP contribution >= 0.6 is 11.3 Å². The summed E-state index contributed by atoms with van der Waals surface area (Å²) in [4.78, 5) is 25.1. The molecule has 0 spiro atoms. The van der Waals surface area contributed by atoms with E-state index in [-0.39, 0.29) is 11.8 Å². The predicted molar refractivity (Wildman–Crippen MR) is 76.2 cm³/mol. The molecule has 5 nitrogen and oxygen atoms in total. The fourth-order valence-electron chi connectivity index (χ4n) is 1.67. The highest BCUT2D eigenvalue weighted by Crippen LogP contribution is 2.23. The van der Waals surface area contributed by atoms with Crippen molar-refractivity contribution in [2.24, 2.45) is 5.92 Å². The zero-order chi connectivity index (χ0) is 14.6. The lowest BCUT2D eigenvalue weighted by Crippen LogP contribution is -2.42. The second-order valence-electron chi connectivity index (χ2n) is 4.80. The fourth-order valence-corrected chi connectivity index (χ4v) is 2.51. The normalized spacial score (nSPS) is 12.3. The highest BCUT2D eigenvalue weighted by atomic mass is 32.1. The number of nitrogens with two attached hydrogens (primary N) is 1. The number of nitrogen functional groups attached to an aromatic ring is 1. The molecule has 1 aromatic rings. The number of anilines is 1. The average molecular weight is 284 g/mol. The molecule has 3 N–H and O–H groups in total. The van der Waals surface area contributed by atoms with Crippen molar-refractivity contribution in [3.63, 3.8) is 0 Å². The lowest BCUT2D eigenvalue weighted by molar-refractivity contribution is -0.143. The minimum Gasteiger partial charge on any atom is -0.467 e. The third-order valence-electron chi connectivity index (χ3n) is 2.68. The summed E-state index contributed by atoms with van der Waals surface area (Å²) in [5.74, 6) is -0.441. The number of ether oxygens (including phenoxy) is 1. The molecule has 1 aromatic heterocycles. The van der Waals surface area contributed by atoms with Crippen LogP contribution in [0.1, 0.15) is 34.8 Å². The Morgan fingerprint density at radius 1 is 1.47 bits per heavy atom. The molecule has 1 unspecified atom stereocenters. The number of thiophene rings is 1. The van der Waals surface area contributed by atoms with Gasteiger partial charge in [-0.1, -0.05) is 13.8 Å². The molecular weight excluding hydrogens is 264 g/mol. The van der Waals surface area contributed by atoms with Gasteiger partial charge in [-0.25, -0.2) is 4.79 Å². The van der Waals surface area contributed by atoms with Crippen LogP contribution < -0.4 is 11.1 Å². The molecule has 1 amide bonds. The van der Waals surface area contributed by atoms with E-state index in [0.29, 0.717) is 17.0 Å².